The molecule has 2 N–H and O–H groups in total. The summed E-state index contributed by atoms with van der Waals surface area (Å²) in [5.74, 6) is -4.23. The molecular formula is C33H31NO7. The minimum atomic E-state index is -0.873. The zero-order valence-electron chi connectivity index (χ0n) is 22.8. The molecule has 41 heavy (non-hydrogen) atoms. The van der Waals surface area contributed by atoms with E-state index in [0.717, 1.165) is 11.0 Å². The van der Waals surface area contributed by atoms with E-state index in [2.05, 4.69) is 0 Å². The summed E-state index contributed by atoms with van der Waals surface area (Å²) in [6.07, 6.45) is 5.45. The van der Waals surface area contributed by atoms with Gasteiger partial charge in [0.1, 0.15) is 5.75 Å². The van der Waals surface area contributed by atoms with Crippen LogP contribution in [0.25, 0.3) is 10.8 Å². The number of ketones is 2. The highest BCUT2D eigenvalue weighted by atomic mass is 16.4. The van der Waals surface area contributed by atoms with Crippen molar-refractivity contribution in [1.82, 2.24) is 4.90 Å². The molecular weight excluding hydrogens is 522 g/mol. The number of carboxylic acids is 1. The molecule has 2 aromatic rings. The molecule has 4 aliphatic rings. The van der Waals surface area contributed by atoms with Gasteiger partial charge < -0.3 is 10.2 Å². The van der Waals surface area contributed by atoms with Gasteiger partial charge in [0.05, 0.1) is 11.8 Å². The second-order valence-corrected chi connectivity index (χ2v) is 11.5. The van der Waals surface area contributed by atoms with Crippen LogP contribution in [0.2, 0.25) is 0 Å². The van der Waals surface area contributed by atoms with Crippen molar-refractivity contribution in [3.05, 3.63) is 76.4 Å². The maximum absolute atomic E-state index is 13.8. The third-order valence-corrected chi connectivity index (χ3v) is 9.17. The van der Waals surface area contributed by atoms with Gasteiger partial charge in [-0.1, -0.05) is 54.5 Å². The number of hydrogen-bond acceptors (Lipinski definition) is 6. The molecule has 0 bridgehead atoms. The molecule has 8 heteroatoms. The van der Waals surface area contributed by atoms with Gasteiger partial charge in [-0.15, -0.1) is 0 Å². The number of benzene rings is 2. The summed E-state index contributed by atoms with van der Waals surface area (Å²) >= 11 is 0. The Morgan fingerprint density at radius 1 is 0.976 bits per heavy atom. The number of aromatic hydroxyl groups is 1. The minimum absolute atomic E-state index is 0.0351. The number of phenols is 1. The number of nitrogens with zero attached hydrogens (tertiary/aromatic N) is 1. The van der Waals surface area contributed by atoms with E-state index in [4.69, 9.17) is 5.11 Å². The van der Waals surface area contributed by atoms with Gasteiger partial charge in [0.25, 0.3) is 0 Å². The Kier molecular flexibility index (Phi) is 6.72. The highest BCUT2D eigenvalue weighted by Crippen LogP contribution is 2.56. The highest BCUT2D eigenvalue weighted by Gasteiger charge is 2.56. The molecule has 2 aromatic carbocycles. The van der Waals surface area contributed by atoms with Gasteiger partial charge in [-0.2, -0.15) is 0 Å². The van der Waals surface area contributed by atoms with E-state index in [0.29, 0.717) is 53.4 Å². The molecule has 210 valence electrons. The predicted octanol–water partition coefficient (Wildman–Crippen LogP) is 4.62. The fraction of sp³-hybridized carbons (Fsp3) is 0.364. The number of hydrogen-bond donors (Lipinski definition) is 2. The first-order chi connectivity index (χ1) is 19.7. The predicted molar refractivity (Wildman–Crippen MR) is 150 cm³/mol. The molecule has 1 fully saturated rings. The molecule has 4 unspecified atom stereocenters. The minimum Gasteiger partial charge on any atom is -0.507 e. The number of carbonyl (C=O) groups is 5. The summed E-state index contributed by atoms with van der Waals surface area (Å²) in [5, 5.41) is 21.8. The first kappa shape index (κ1) is 26.9. The van der Waals surface area contributed by atoms with Crippen LogP contribution < -0.4 is 0 Å². The average Bonchev–Trinajstić information content (AvgIpc) is 3.20. The number of phenolic OH excluding ortho intramolecular Hbond substituents is 1. The van der Waals surface area contributed by atoms with Crippen LogP contribution in [0.15, 0.2) is 70.8 Å². The largest absolute Gasteiger partial charge is 0.507 e. The quantitative estimate of drug-likeness (QED) is 0.222. The summed E-state index contributed by atoms with van der Waals surface area (Å²) in [4.78, 5) is 66.2. The molecule has 3 aliphatic carbocycles. The van der Waals surface area contributed by atoms with Crippen molar-refractivity contribution in [3.63, 3.8) is 0 Å². The van der Waals surface area contributed by atoms with Crippen LogP contribution in [0.3, 0.4) is 0 Å². The number of carboxylic acid groups (broad SMARTS) is 1. The van der Waals surface area contributed by atoms with E-state index in [9.17, 15) is 29.1 Å². The SMILES string of the molecule is CC1=CC(=O)C2=C(C1=O)C(c1ccc3ccccc3c1O)C1=CCC3C(=O)N(CCCCCC(=O)O)C(=O)C3C1C2. The van der Waals surface area contributed by atoms with Crippen LogP contribution in [0.1, 0.15) is 56.9 Å². The van der Waals surface area contributed by atoms with Crippen LogP contribution >= 0.6 is 0 Å². The smallest absolute Gasteiger partial charge is 0.303 e. The number of imide groups is 1. The van der Waals surface area contributed by atoms with Gasteiger partial charge in [-0.05, 0) is 50.0 Å². The average molecular weight is 554 g/mol. The monoisotopic (exact) mass is 553 g/mol. The molecule has 2 amide bonds. The lowest BCUT2D eigenvalue weighted by Crippen LogP contribution is -2.40. The van der Waals surface area contributed by atoms with Crippen molar-refractivity contribution >= 4 is 40.1 Å². The number of rotatable bonds is 7. The third kappa shape index (κ3) is 4.33. The van der Waals surface area contributed by atoms with Gasteiger partial charge >= 0.3 is 5.97 Å². The first-order valence-electron chi connectivity index (χ1n) is 14.2. The zero-order valence-corrected chi connectivity index (χ0v) is 22.8. The van der Waals surface area contributed by atoms with Crippen molar-refractivity contribution in [2.24, 2.45) is 17.8 Å². The van der Waals surface area contributed by atoms with E-state index in [1.54, 1.807) is 13.0 Å². The van der Waals surface area contributed by atoms with Gasteiger partial charge in [0, 0.05) is 46.6 Å². The van der Waals surface area contributed by atoms with Gasteiger partial charge in [0.2, 0.25) is 11.8 Å². The number of fused-ring (bicyclic) bond motifs is 4. The number of unbranched alkanes of at least 4 members (excludes halogenated alkanes) is 2. The Bertz CT molecular complexity index is 1630. The fourth-order valence-corrected chi connectivity index (χ4v) is 7.23. The van der Waals surface area contributed by atoms with E-state index in [1.807, 2.05) is 36.4 Å². The van der Waals surface area contributed by atoms with E-state index in [-0.39, 0.29) is 48.5 Å². The Hall–Kier alpha value is -4.33. The van der Waals surface area contributed by atoms with Crippen molar-refractivity contribution in [2.45, 2.75) is 51.4 Å². The molecule has 4 atom stereocenters. The van der Waals surface area contributed by atoms with Crippen molar-refractivity contribution in [1.29, 1.82) is 0 Å². The Labute approximate surface area is 237 Å². The van der Waals surface area contributed by atoms with Crippen LogP contribution in [0.5, 0.6) is 5.75 Å². The summed E-state index contributed by atoms with van der Waals surface area (Å²) in [6.45, 7) is 1.85. The van der Waals surface area contributed by atoms with Crippen LogP contribution in [0.4, 0.5) is 0 Å². The van der Waals surface area contributed by atoms with Gasteiger partial charge in [-0.3, -0.25) is 28.9 Å². The van der Waals surface area contributed by atoms with E-state index in [1.165, 1.54) is 11.0 Å². The number of carbonyl (C=O) groups excluding carboxylic acids is 4. The van der Waals surface area contributed by atoms with E-state index >= 15 is 0 Å². The number of aliphatic carboxylic acids is 1. The second-order valence-electron chi connectivity index (χ2n) is 11.5. The summed E-state index contributed by atoms with van der Waals surface area (Å²) in [6, 6.07) is 11.1. The van der Waals surface area contributed by atoms with Crippen LogP contribution in [0, 0.1) is 17.8 Å². The summed E-state index contributed by atoms with van der Waals surface area (Å²) in [7, 11) is 0. The zero-order chi connectivity index (χ0) is 29.0. The summed E-state index contributed by atoms with van der Waals surface area (Å²) in [5.41, 5.74) is 2.36. The standard InChI is InChI=1S/C33H31NO7/c1-17-15-25(35)24-16-23-20(12-13-22-28(23)33(41)34(32(22)40)14-6-2-3-9-26(36)37)27(29(24)30(17)38)21-11-10-18-7-4-5-8-19(18)31(21)39/h4-5,7-8,10-12,15,22-23,27-28,39H,2-3,6,9,13-14,16H2,1H3,(H,36,37). The fourth-order valence-electron chi connectivity index (χ4n) is 7.23. The topological polar surface area (TPSA) is 129 Å². The lowest BCUT2D eigenvalue weighted by molar-refractivity contribution is -0.141. The van der Waals surface area contributed by atoms with E-state index < -0.39 is 29.6 Å². The number of likely N-dealkylation sites (tertiary alicyclic amines) is 1. The maximum Gasteiger partial charge on any atom is 0.303 e. The molecule has 0 saturated carbocycles. The molecule has 0 radical (unpaired) electrons. The Morgan fingerprint density at radius 2 is 1.76 bits per heavy atom. The molecule has 8 nitrogen and oxygen atoms in total. The third-order valence-electron chi connectivity index (χ3n) is 9.17. The maximum atomic E-state index is 13.8. The normalized spacial score (nSPS) is 25.6. The molecule has 1 heterocycles. The molecule has 0 aromatic heterocycles. The van der Waals surface area contributed by atoms with Crippen LogP contribution in [-0.4, -0.2) is 51.0 Å². The second kappa shape index (κ2) is 10.3. The summed E-state index contributed by atoms with van der Waals surface area (Å²) < 4.78 is 0. The van der Waals surface area contributed by atoms with Crippen molar-refractivity contribution in [3.8, 4) is 5.75 Å². The van der Waals surface area contributed by atoms with Gasteiger partial charge in [0.15, 0.2) is 11.6 Å². The lowest BCUT2D eigenvalue weighted by Gasteiger charge is -2.42. The van der Waals surface area contributed by atoms with Crippen molar-refractivity contribution in [2.75, 3.05) is 6.54 Å². The van der Waals surface area contributed by atoms with Crippen LogP contribution in [-0.2, 0) is 24.0 Å². The number of amides is 2. The van der Waals surface area contributed by atoms with Crippen molar-refractivity contribution < 1.29 is 34.2 Å². The Morgan fingerprint density at radius 3 is 2.54 bits per heavy atom. The molecule has 6 rings (SSSR count). The molecule has 0 spiro atoms. The highest BCUT2D eigenvalue weighted by molar-refractivity contribution is 6.24. The molecule has 1 aliphatic heterocycles. The molecule has 1 saturated heterocycles. The first-order valence-corrected chi connectivity index (χ1v) is 14.2. The number of allylic oxidation sites excluding steroid dienone is 6. The number of Topliss-reactive ketones (excluding diaryl/α,β-unsaturated/α-hetero) is 1. The van der Waals surface area contributed by atoms with Gasteiger partial charge in [-0.25, -0.2) is 0 Å². The lowest BCUT2D eigenvalue weighted by atomic mass is 9.59. The Balaban J connectivity index is 1.39.